The Morgan fingerprint density at radius 3 is 1.27 bits per heavy atom. The fraction of sp³-hybridized carbons (Fsp3) is 0.905. The first-order valence-electron chi connectivity index (χ1n) is 10.3. The van der Waals surface area contributed by atoms with Gasteiger partial charge in [-0.05, 0) is 12.5 Å². The topological polar surface area (TPSA) is 74.6 Å². The van der Waals surface area contributed by atoms with Gasteiger partial charge in [0.1, 0.15) is 0 Å². The Balaban J connectivity index is -0.000000772. The molecule has 0 radical (unpaired) electrons. The van der Waals surface area contributed by atoms with Crippen molar-refractivity contribution in [1.82, 2.24) is 0 Å². The Morgan fingerprint density at radius 2 is 1.04 bits per heavy atom. The summed E-state index contributed by atoms with van der Waals surface area (Å²) in [6, 6.07) is 0. The van der Waals surface area contributed by atoms with E-state index in [0.29, 0.717) is 6.42 Å². The van der Waals surface area contributed by atoms with E-state index in [1.54, 1.807) is 0 Å². The number of carboxylic acids is 1. The summed E-state index contributed by atoms with van der Waals surface area (Å²) in [5.41, 5.74) is 0. The van der Waals surface area contributed by atoms with Crippen LogP contribution in [0.3, 0.4) is 0 Å². The van der Waals surface area contributed by atoms with Crippen molar-refractivity contribution in [3.05, 3.63) is 0 Å². The summed E-state index contributed by atoms with van der Waals surface area (Å²) in [5, 5.41) is 16.5. The Hall–Kier alpha value is 0.100. The minimum Gasteiger partial charge on any atom is -0.539 e. The molecule has 1 atom stereocenters. The molecule has 0 aromatic carbocycles. The molecule has 5 heteroatoms. The average molecular weight is 381 g/mol. The number of carboxylic acid groups (broad SMARTS) is 1. The Kier molecular flexibility index (Phi) is 32.4. The summed E-state index contributed by atoms with van der Waals surface area (Å²) in [5.74, 6) is -0.653. The summed E-state index contributed by atoms with van der Waals surface area (Å²) in [6.07, 6.45) is 20.6. The van der Waals surface area contributed by atoms with Crippen LogP contribution in [0, 0.1) is 0 Å². The third-order valence-electron chi connectivity index (χ3n) is 4.16. The summed E-state index contributed by atoms with van der Waals surface area (Å²) < 4.78 is 0. The molecular weight excluding hydrogens is 339 g/mol. The van der Waals surface area contributed by atoms with Crippen LogP contribution in [0.5, 0.6) is 0 Å². The van der Waals surface area contributed by atoms with Crippen LogP contribution in [0.25, 0.3) is 0 Å². The van der Waals surface area contributed by atoms with Gasteiger partial charge in [-0.3, -0.25) is 4.79 Å². The van der Waals surface area contributed by atoms with E-state index in [0.717, 1.165) is 12.8 Å². The summed E-state index contributed by atoms with van der Waals surface area (Å²) in [4.78, 5) is 19.5. The van der Waals surface area contributed by atoms with Crippen molar-refractivity contribution in [3.8, 4) is 0 Å². The standard InChI is InChI=1S/C18H36O2.C3H5O2.Na/c1-2-3-4-5-6-7-8-9-10-11-12-13-14-15-16-17-18(19)20;1-3(5)2-4;/h2-17H2,1H3,(H,19,20);3,5H,1H3;/q;-1;+1. The van der Waals surface area contributed by atoms with E-state index in [9.17, 15) is 4.79 Å². The van der Waals surface area contributed by atoms with E-state index in [1.165, 1.54) is 96.7 Å². The minimum absolute atomic E-state index is 0. The summed E-state index contributed by atoms with van der Waals surface area (Å²) in [6.45, 7) is 3.62. The molecule has 150 valence electrons. The molecular formula is C21H41NaO4. The van der Waals surface area contributed by atoms with Crippen LogP contribution in [0.4, 0.5) is 0 Å². The zero-order chi connectivity index (χ0) is 19.2. The fourth-order valence-electron chi connectivity index (χ4n) is 2.65. The van der Waals surface area contributed by atoms with Crippen molar-refractivity contribution < 1.29 is 49.4 Å². The number of aliphatic carboxylic acids is 1. The maximum Gasteiger partial charge on any atom is 1.00 e. The van der Waals surface area contributed by atoms with Gasteiger partial charge in [0.25, 0.3) is 0 Å². The molecule has 0 saturated carbocycles. The third kappa shape index (κ3) is 35.3. The predicted octanol–water partition coefficient (Wildman–Crippen LogP) is 2.81. The Bertz CT molecular complexity index is 283. The van der Waals surface area contributed by atoms with Crippen molar-refractivity contribution >= 4 is 12.3 Å². The first kappa shape index (κ1) is 30.8. The van der Waals surface area contributed by atoms with Crippen LogP contribution < -0.4 is 29.6 Å². The van der Waals surface area contributed by atoms with Gasteiger partial charge in [-0.2, -0.15) is 0 Å². The van der Waals surface area contributed by atoms with Crippen molar-refractivity contribution in [2.45, 2.75) is 123 Å². The number of hydrogen-bond donors (Lipinski definition) is 2. The second-order valence-corrected chi connectivity index (χ2v) is 6.89. The van der Waals surface area contributed by atoms with E-state index in [-0.39, 0.29) is 29.6 Å². The number of carbonyl (C=O) groups excluding carboxylic acids is 1. The quantitative estimate of drug-likeness (QED) is 0.231. The molecule has 0 aromatic rings. The molecule has 0 aromatic heterocycles. The van der Waals surface area contributed by atoms with Crippen molar-refractivity contribution in [3.63, 3.8) is 0 Å². The minimum atomic E-state index is -0.921. The zero-order valence-corrected chi connectivity index (χ0v) is 19.6. The molecule has 0 heterocycles. The van der Waals surface area contributed by atoms with Crippen LogP contribution in [0.15, 0.2) is 0 Å². The van der Waals surface area contributed by atoms with Crippen LogP contribution in [-0.4, -0.2) is 28.6 Å². The molecule has 26 heavy (non-hydrogen) atoms. The van der Waals surface area contributed by atoms with Gasteiger partial charge in [-0.15, -0.1) is 0 Å². The molecule has 0 fully saturated rings. The van der Waals surface area contributed by atoms with E-state index in [1.807, 2.05) is 0 Å². The van der Waals surface area contributed by atoms with Gasteiger partial charge in [-0.1, -0.05) is 104 Å². The molecule has 1 unspecified atom stereocenters. The maximum absolute atomic E-state index is 10.3. The third-order valence-corrected chi connectivity index (χ3v) is 4.16. The molecule has 0 aliphatic heterocycles. The Labute approximate surface area is 183 Å². The largest absolute Gasteiger partial charge is 1.00 e. The molecule has 0 spiro atoms. The molecule has 0 bridgehead atoms. The van der Waals surface area contributed by atoms with Gasteiger partial charge in [0.15, 0.2) is 0 Å². The Morgan fingerprint density at radius 1 is 0.769 bits per heavy atom. The smallest absolute Gasteiger partial charge is 0.539 e. The van der Waals surface area contributed by atoms with E-state index >= 15 is 0 Å². The van der Waals surface area contributed by atoms with Crippen LogP contribution in [0.1, 0.15) is 117 Å². The molecule has 0 aliphatic rings. The van der Waals surface area contributed by atoms with Gasteiger partial charge in [0.2, 0.25) is 0 Å². The second-order valence-electron chi connectivity index (χ2n) is 6.89. The maximum atomic E-state index is 10.3. The van der Waals surface area contributed by atoms with E-state index in [4.69, 9.17) is 15.0 Å². The number of aliphatic hydroxyl groups is 1. The zero-order valence-electron chi connectivity index (χ0n) is 17.6. The van der Waals surface area contributed by atoms with Crippen molar-refractivity contribution in [2.75, 3.05) is 0 Å². The fourth-order valence-corrected chi connectivity index (χ4v) is 2.65. The van der Waals surface area contributed by atoms with Gasteiger partial charge in [-0.25, -0.2) is 6.29 Å². The molecule has 0 amide bonds. The van der Waals surface area contributed by atoms with Gasteiger partial charge >= 0.3 is 35.5 Å². The van der Waals surface area contributed by atoms with Crippen molar-refractivity contribution in [2.24, 2.45) is 0 Å². The van der Waals surface area contributed by atoms with E-state index < -0.39 is 12.1 Å². The molecule has 0 saturated heterocycles. The van der Waals surface area contributed by atoms with Crippen LogP contribution >= 0.6 is 0 Å². The van der Waals surface area contributed by atoms with Gasteiger partial charge < -0.3 is 15.0 Å². The number of carbonyl (C=O) groups is 1. The molecule has 4 nitrogen and oxygen atoms in total. The first-order valence-corrected chi connectivity index (χ1v) is 10.3. The average Bonchev–Trinajstić information content (AvgIpc) is 2.58. The summed E-state index contributed by atoms with van der Waals surface area (Å²) >= 11 is 0. The SMILES string of the molecule is CC(O)[C-]=O.CCCCCCCCCCCCCCCCCC(=O)O.[Na+]. The number of hydrogen-bond acceptors (Lipinski definition) is 3. The van der Waals surface area contributed by atoms with E-state index in [2.05, 4.69) is 6.92 Å². The monoisotopic (exact) mass is 380 g/mol. The van der Waals surface area contributed by atoms with Gasteiger partial charge in [0.05, 0.1) is 0 Å². The second kappa shape index (κ2) is 27.3. The van der Waals surface area contributed by atoms with Crippen LogP contribution in [-0.2, 0) is 9.59 Å². The number of rotatable bonds is 17. The number of aliphatic hydroxyl groups excluding tert-OH is 1. The molecule has 0 aliphatic carbocycles. The number of unbranched alkanes of at least 4 members (excludes halogenated alkanes) is 14. The van der Waals surface area contributed by atoms with Gasteiger partial charge in [0, 0.05) is 6.42 Å². The molecule has 2 N–H and O–H groups in total. The van der Waals surface area contributed by atoms with Crippen LogP contribution in [0.2, 0.25) is 0 Å². The normalized spacial score (nSPS) is 11.0. The summed E-state index contributed by atoms with van der Waals surface area (Å²) in [7, 11) is 0. The first-order chi connectivity index (χ1) is 12.0. The molecule has 0 rings (SSSR count). The van der Waals surface area contributed by atoms with Crippen molar-refractivity contribution in [1.29, 1.82) is 0 Å². The predicted molar refractivity (Wildman–Crippen MR) is 105 cm³/mol.